The van der Waals surface area contributed by atoms with Crippen LogP contribution >= 0.6 is 0 Å². The Morgan fingerprint density at radius 1 is 1.17 bits per heavy atom. The summed E-state index contributed by atoms with van der Waals surface area (Å²) in [6.07, 6.45) is 6.02. The highest BCUT2D eigenvalue weighted by molar-refractivity contribution is 6.22. The number of carbonyl (C=O) groups is 1. The topological polar surface area (TPSA) is 99.6 Å². The predicted octanol–water partition coefficient (Wildman–Crippen LogP) is 1.84. The van der Waals surface area contributed by atoms with Crippen LogP contribution in [-0.2, 0) is 4.79 Å². The van der Waals surface area contributed by atoms with E-state index in [-0.39, 0.29) is 5.57 Å². The summed E-state index contributed by atoms with van der Waals surface area (Å²) in [5, 5.41) is 11.8. The minimum atomic E-state index is -0.577. The van der Waals surface area contributed by atoms with Gasteiger partial charge in [0.15, 0.2) is 5.82 Å². The maximum Gasteiger partial charge on any atom is 0.250 e. The van der Waals surface area contributed by atoms with Gasteiger partial charge in [-0.25, -0.2) is 9.67 Å². The van der Waals surface area contributed by atoms with E-state index in [0.717, 1.165) is 16.7 Å². The standard InChI is InChI=1S/C17H16N6O/c1-11-5-12(2)7-14(6-11)17-19-10-23(22-17)9-15(16(18)24)13-3-4-20-21-8-13/h3-10H,1-2H3,(H2,18,24)/b15-9+. The van der Waals surface area contributed by atoms with E-state index >= 15 is 0 Å². The maximum atomic E-state index is 11.7. The van der Waals surface area contributed by atoms with Gasteiger partial charge in [-0.3, -0.25) is 4.79 Å². The number of hydrogen-bond donors (Lipinski definition) is 1. The average Bonchev–Trinajstić information content (AvgIpc) is 3.01. The molecule has 24 heavy (non-hydrogen) atoms. The monoisotopic (exact) mass is 320 g/mol. The van der Waals surface area contributed by atoms with Crippen LogP contribution in [0.3, 0.4) is 0 Å². The van der Waals surface area contributed by atoms with Crippen LogP contribution in [0.15, 0.2) is 43.0 Å². The lowest BCUT2D eigenvalue weighted by molar-refractivity contribution is -0.112. The molecule has 0 fully saturated rings. The summed E-state index contributed by atoms with van der Waals surface area (Å²) in [7, 11) is 0. The average molecular weight is 320 g/mol. The molecule has 120 valence electrons. The van der Waals surface area contributed by atoms with Gasteiger partial charge in [0, 0.05) is 17.3 Å². The Bertz CT molecular complexity index is 894. The van der Waals surface area contributed by atoms with E-state index in [4.69, 9.17) is 5.73 Å². The molecule has 0 aliphatic carbocycles. The first-order valence-electron chi connectivity index (χ1n) is 7.31. The molecule has 0 unspecified atom stereocenters. The van der Waals surface area contributed by atoms with E-state index in [1.165, 1.54) is 29.6 Å². The second-order valence-electron chi connectivity index (χ2n) is 5.46. The van der Waals surface area contributed by atoms with Gasteiger partial charge in [-0.2, -0.15) is 10.2 Å². The first-order chi connectivity index (χ1) is 11.5. The molecule has 7 heteroatoms. The molecule has 1 aromatic carbocycles. The molecule has 0 saturated carbocycles. The highest BCUT2D eigenvalue weighted by Gasteiger charge is 2.10. The highest BCUT2D eigenvalue weighted by Crippen LogP contribution is 2.19. The largest absolute Gasteiger partial charge is 0.366 e. The van der Waals surface area contributed by atoms with Crippen molar-refractivity contribution in [2.75, 3.05) is 0 Å². The number of carbonyl (C=O) groups excluding carboxylic acids is 1. The van der Waals surface area contributed by atoms with E-state index in [1.807, 2.05) is 26.0 Å². The first kappa shape index (κ1) is 15.5. The third-order valence-corrected chi connectivity index (χ3v) is 3.41. The molecule has 2 heterocycles. The number of amides is 1. The molecule has 0 saturated heterocycles. The van der Waals surface area contributed by atoms with Crippen LogP contribution in [-0.4, -0.2) is 30.9 Å². The van der Waals surface area contributed by atoms with E-state index in [1.54, 1.807) is 6.07 Å². The lowest BCUT2D eigenvalue weighted by atomic mass is 10.1. The van der Waals surface area contributed by atoms with Crippen LogP contribution in [0.1, 0.15) is 16.7 Å². The van der Waals surface area contributed by atoms with Crippen molar-refractivity contribution in [2.45, 2.75) is 13.8 Å². The molecule has 7 nitrogen and oxygen atoms in total. The van der Waals surface area contributed by atoms with Crippen LogP contribution in [0.2, 0.25) is 0 Å². The normalized spacial score (nSPS) is 11.5. The minimum absolute atomic E-state index is 0.279. The number of aryl methyl sites for hydroxylation is 2. The van der Waals surface area contributed by atoms with Gasteiger partial charge in [0.05, 0.1) is 18.0 Å². The molecule has 3 aromatic rings. The van der Waals surface area contributed by atoms with Gasteiger partial charge in [0.2, 0.25) is 0 Å². The smallest absolute Gasteiger partial charge is 0.250 e. The van der Waals surface area contributed by atoms with Crippen molar-refractivity contribution >= 4 is 17.7 Å². The molecule has 0 spiro atoms. The third kappa shape index (κ3) is 3.35. The molecule has 0 radical (unpaired) electrons. The van der Waals surface area contributed by atoms with Gasteiger partial charge in [-0.1, -0.05) is 17.2 Å². The third-order valence-electron chi connectivity index (χ3n) is 3.41. The summed E-state index contributed by atoms with van der Waals surface area (Å²) in [6, 6.07) is 7.77. The van der Waals surface area contributed by atoms with Crippen LogP contribution in [0.4, 0.5) is 0 Å². The Balaban J connectivity index is 1.99. The van der Waals surface area contributed by atoms with Gasteiger partial charge >= 0.3 is 0 Å². The molecule has 3 rings (SSSR count). The molecule has 2 aromatic heterocycles. The number of rotatable bonds is 4. The fourth-order valence-corrected chi connectivity index (χ4v) is 2.44. The summed E-state index contributed by atoms with van der Waals surface area (Å²) in [6.45, 7) is 4.05. The quantitative estimate of drug-likeness (QED) is 0.739. The van der Waals surface area contributed by atoms with Crippen molar-refractivity contribution in [3.8, 4) is 11.4 Å². The van der Waals surface area contributed by atoms with Crippen molar-refractivity contribution < 1.29 is 4.79 Å². The molecule has 0 bridgehead atoms. The number of primary amides is 1. The van der Waals surface area contributed by atoms with E-state index in [2.05, 4.69) is 26.3 Å². The fraction of sp³-hybridized carbons (Fsp3) is 0.118. The van der Waals surface area contributed by atoms with Gasteiger partial charge < -0.3 is 5.73 Å². The minimum Gasteiger partial charge on any atom is -0.366 e. The van der Waals surface area contributed by atoms with E-state index < -0.39 is 5.91 Å². The second-order valence-corrected chi connectivity index (χ2v) is 5.46. The molecule has 0 aliphatic heterocycles. The number of nitrogens with zero attached hydrogens (tertiary/aromatic N) is 5. The van der Waals surface area contributed by atoms with Crippen molar-refractivity contribution in [1.82, 2.24) is 25.0 Å². The fourth-order valence-electron chi connectivity index (χ4n) is 2.44. The molecule has 2 N–H and O–H groups in total. The summed E-state index contributed by atoms with van der Waals surface area (Å²) in [4.78, 5) is 16.0. The van der Waals surface area contributed by atoms with Crippen molar-refractivity contribution in [2.24, 2.45) is 5.73 Å². The summed E-state index contributed by atoms with van der Waals surface area (Å²) < 4.78 is 1.47. The molecular weight excluding hydrogens is 304 g/mol. The summed E-state index contributed by atoms with van der Waals surface area (Å²) in [5.74, 6) is 0.00109. The van der Waals surface area contributed by atoms with E-state index in [0.29, 0.717) is 11.4 Å². The molecule has 1 amide bonds. The zero-order valence-electron chi connectivity index (χ0n) is 13.3. The lowest BCUT2D eigenvalue weighted by Crippen LogP contribution is -2.14. The van der Waals surface area contributed by atoms with E-state index in [9.17, 15) is 4.79 Å². The van der Waals surface area contributed by atoms with Gasteiger partial charge in [-0.15, -0.1) is 5.10 Å². The summed E-state index contributed by atoms with van der Waals surface area (Å²) >= 11 is 0. The van der Waals surface area contributed by atoms with Gasteiger partial charge in [0.1, 0.15) is 6.33 Å². The van der Waals surface area contributed by atoms with Crippen LogP contribution in [0.5, 0.6) is 0 Å². The number of benzene rings is 1. The highest BCUT2D eigenvalue weighted by atomic mass is 16.1. The zero-order valence-corrected chi connectivity index (χ0v) is 13.3. The Labute approximate surface area is 138 Å². The molecule has 0 aliphatic rings. The SMILES string of the molecule is Cc1cc(C)cc(-c2ncn(/C=C(/C(N)=O)c3ccnnc3)n2)c1. The Kier molecular flexibility index (Phi) is 4.15. The number of hydrogen-bond acceptors (Lipinski definition) is 5. The predicted molar refractivity (Wildman–Crippen MR) is 90.3 cm³/mol. The van der Waals surface area contributed by atoms with Crippen LogP contribution in [0, 0.1) is 13.8 Å². The lowest BCUT2D eigenvalue weighted by Gasteiger charge is -2.02. The summed E-state index contributed by atoms with van der Waals surface area (Å²) in [5.41, 5.74) is 9.50. The Morgan fingerprint density at radius 2 is 1.92 bits per heavy atom. The number of nitrogens with two attached hydrogens (primary N) is 1. The second kappa shape index (κ2) is 6.41. The molecular formula is C17H16N6O. The maximum absolute atomic E-state index is 11.7. The van der Waals surface area contributed by atoms with Crippen LogP contribution in [0.25, 0.3) is 23.2 Å². The molecule has 0 atom stereocenters. The van der Waals surface area contributed by atoms with Crippen LogP contribution < -0.4 is 5.73 Å². The zero-order chi connectivity index (χ0) is 17.1. The number of aromatic nitrogens is 5. The van der Waals surface area contributed by atoms with Gasteiger partial charge in [0.25, 0.3) is 5.91 Å². The van der Waals surface area contributed by atoms with Crippen molar-refractivity contribution in [3.63, 3.8) is 0 Å². The van der Waals surface area contributed by atoms with Gasteiger partial charge in [-0.05, 0) is 32.0 Å². The Hall–Kier alpha value is -3.35. The Morgan fingerprint density at radius 3 is 2.54 bits per heavy atom. The van der Waals surface area contributed by atoms with Crippen molar-refractivity contribution in [1.29, 1.82) is 0 Å². The first-order valence-corrected chi connectivity index (χ1v) is 7.31. The van der Waals surface area contributed by atoms with Crippen molar-refractivity contribution in [3.05, 3.63) is 59.7 Å².